The number of hydrogen-bond donors (Lipinski definition) is 2. The molecule has 1 heterocycles. The van der Waals surface area contributed by atoms with Crippen molar-refractivity contribution in [2.45, 2.75) is 69.7 Å². The highest BCUT2D eigenvalue weighted by Gasteiger charge is 2.64. The molecule has 2 atom stereocenters. The van der Waals surface area contributed by atoms with Crippen molar-refractivity contribution >= 4 is 33.4 Å². The third kappa shape index (κ3) is 2.67. The normalized spacial score (nSPS) is 30.7. The van der Waals surface area contributed by atoms with E-state index >= 15 is 0 Å². The lowest BCUT2D eigenvalue weighted by molar-refractivity contribution is -0.249. The quantitative estimate of drug-likeness (QED) is 0.530. The van der Waals surface area contributed by atoms with E-state index in [1.54, 1.807) is 18.2 Å². The number of nitrogens with zero attached hydrogens (tertiary/aromatic N) is 1. The lowest BCUT2D eigenvalue weighted by atomic mass is 9.63. The van der Waals surface area contributed by atoms with E-state index in [0.717, 1.165) is 32.1 Å². The molecule has 4 aliphatic rings. The van der Waals surface area contributed by atoms with Gasteiger partial charge in [-0.2, -0.15) is 0 Å². The summed E-state index contributed by atoms with van der Waals surface area (Å²) in [5, 5.41) is 21.7. The van der Waals surface area contributed by atoms with Crippen molar-refractivity contribution in [3.63, 3.8) is 0 Å². The average molecular weight is 462 g/mol. The zero-order valence-electron chi connectivity index (χ0n) is 16.1. The molecule has 2 amide bonds. The van der Waals surface area contributed by atoms with Crippen molar-refractivity contribution in [3.8, 4) is 5.75 Å². The highest BCUT2D eigenvalue weighted by atomic mass is 79.9. The maximum atomic E-state index is 12.9. The number of carbonyl (C=O) groups excluding carboxylic acids is 2. The van der Waals surface area contributed by atoms with Crippen LogP contribution in [-0.4, -0.2) is 33.9 Å². The second kappa shape index (κ2) is 6.65. The van der Waals surface area contributed by atoms with Crippen LogP contribution in [0.3, 0.4) is 0 Å². The molecule has 0 aromatic heterocycles. The minimum absolute atomic E-state index is 0.247. The monoisotopic (exact) mass is 461 g/mol. The standard InChI is InChI=1S/C22H24BrNO5/c23-16-7-6-13(24-19(26)14-4-1-2-5-15(14)20(24)27)12-17(16)29-22(28)11-8-18(25)21(22)9-3-10-21/h6-7,12,18,25,28H,1-5,8-11H2. The van der Waals surface area contributed by atoms with Crippen LogP contribution in [0.25, 0.3) is 0 Å². The van der Waals surface area contributed by atoms with Crippen LogP contribution in [0.15, 0.2) is 33.8 Å². The third-order valence-corrected chi connectivity index (χ3v) is 7.92. The summed E-state index contributed by atoms with van der Waals surface area (Å²) in [6.45, 7) is 0. The number of carbonyl (C=O) groups is 2. The number of halogens is 1. The molecule has 0 bridgehead atoms. The van der Waals surface area contributed by atoms with Crippen LogP contribution in [0.4, 0.5) is 5.69 Å². The van der Waals surface area contributed by atoms with Crippen LogP contribution in [0.5, 0.6) is 5.75 Å². The predicted octanol–water partition coefficient (Wildman–Crippen LogP) is 3.59. The molecule has 5 rings (SSSR count). The van der Waals surface area contributed by atoms with Crippen molar-refractivity contribution in [2.75, 3.05) is 4.90 Å². The Balaban J connectivity index is 1.46. The van der Waals surface area contributed by atoms with Crippen LogP contribution in [0, 0.1) is 5.41 Å². The van der Waals surface area contributed by atoms with E-state index in [2.05, 4.69) is 15.9 Å². The molecule has 0 radical (unpaired) electrons. The van der Waals surface area contributed by atoms with Gasteiger partial charge in [-0.15, -0.1) is 0 Å². The van der Waals surface area contributed by atoms with E-state index in [0.29, 0.717) is 52.7 Å². The fourth-order valence-electron chi connectivity index (χ4n) is 5.42. The Morgan fingerprint density at radius 3 is 2.28 bits per heavy atom. The van der Waals surface area contributed by atoms with Crippen LogP contribution in [0.2, 0.25) is 0 Å². The largest absolute Gasteiger partial charge is 0.461 e. The number of anilines is 1. The van der Waals surface area contributed by atoms with Gasteiger partial charge in [-0.1, -0.05) is 6.42 Å². The minimum Gasteiger partial charge on any atom is -0.461 e. The molecule has 3 aliphatic carbocycles. The Bertz CT molecular complexity index is 909. The lowest BCUT2D eigenvalue weighted by Crippen LogP contribution is -2.56. The average Bonchev–Trinajstić information content (AvgIpc) is 3.08. The molecule has 2 unspecified atom stereocenters. The summed E-state index contributed by atoms with van der Waals surface area (Å²) in [6, 6.07) is 5.07. The smallest absolute Gasteiger partial charge is 0.261 e. The fraction of sp³-hybridized carbons (Fsp3) is 0.545. The molecular formula is C22H24BrNO5. The molecule has 1 aromatic carbocycles. The van der Waals surface area contributed by atoms with Gasteiger partial charge in [0.1, 0.15) is 5.75 Å². The van der Waals surface area contributed by atoms with Gasteiger partial charge in [0.25, 0.3) is 11.8 Å². The number of ether oxygens (including phenoxy) is 1. The molecule has 7 heteroatoms. The Kier molecular flexibility index (Phi) is 4.42. The molecule has 6 nitrogen and oxygen atoms in total. The maximum Gasteiger partial charge on any atom is 0.261 e. The number of imide groups is 1. The maximum absolute atomic E-state index is 12.9. The zero-order valence-corrected chi connectivity index (χ0v) is 17.7. The zero-order chi connectivity index (χ0) is 20.4. The molecule has 2 fully saturated rings. The second-order valence-corrected chi connectivity index (χ2v) is 9.53. The number of amides is 2. The molecule has 154 valence electrons. The van der Waals surface area contributed by atoms with Gasteiger partial charge in [0, 0.05) is 23.6 Å². The number of hydrogen-bond acceptors (Lipinski definition) is 5. The highest BCUT2D eigenvalue weighted by molar-refractivity contribution is 9.10. The summed E-state index contributed by atoms with van der Waals surface area (Å²) in [4.78, 5) is 27.0. The van der Waals surface area contributed by atoms with Gasteiger partial charge in [-0.05, 0) is 73.0 Å². The Morgan fingerprint density at radius 2 is 1.69 bits per heavy atom. The Hall–Kier alpha value is -1.70. The molecule has 2 N–H and O–H groups in total. The van der Waals surface area contributed by atoms with E-state index < -0.39 is 17.3 Å². The van der Waals surface area contributed by atoms with Gasteiger partial charge in [-0.25, -0.2) is 4.90 Å². The molecule has 0 saturated heterocycles. The lowest BCUT2D eigenvalue weighted by Gasteiger charge is -2.49. The molecule has 2 saturated carbocycles. The summed E-state index contributed by atoms with van der Waals surface area (Å²) in [6.07, 6.45) is 5.82. The van der Waals surface area contributed by atoms with Crippen LogP contribution in [-0.2, 0) is 9.59 Å². The van der Waals surface area contributed by atoms with Crippen LogP contribution >= 0.6 is 15.9 Å². The van der Waals surface area contributed by atoms with Crippen molar-refractivity contribution in [1.82, 2.24) is 0 Å². The summed E-state index contributed by atoms with van der Waals surface area (Å²) < 4.78 is 6.72. The second-order valence-electron chi connectivity index (χ2n) is 8.68. The van der Waals surface area contributed by atoms with E-state index in [4.69, 9.17) is 4.74 Å². The van der Waals surface area contributed by atoms with Crippen LogP contribution < -0.4 is 9.64 Å². The molecule has 1 spiro atoms. The first-order valence-corrected chi connectivity index (χ1v) is 11.2. The number of rotatable bonds is 3. The highest BCUT2D eigenvalue weighted by Crippen LogP contribution is 2.59. The first-order chi connectivity index (χ1) is 13.9. The summed E-state index contributed by atoms with van der Waals surface area (Å²) in [5.41, 5.74) is 1.08. The van der Waals surface area contributed by atoms with Gasteiger partial charge in [0.2, 0.25) is 5.79 Å². The van der Waals surface area contributed by atoms with Gasteiger partial charge in [0.05, 0.1) is 21.7 Å². The van der Waals surface area contributed by atoms with Crippen molar-refractivity contribution in [2.24, 2.45) is 5.41 Å². The minimum atomic E-state index is -1.46. The van der Waals surface area contributed by atoms with Gasteiger partial charge in [-0.3, -0.25) is 9.59 Å². The molecule has 1 aromatic rings. The van der Waals surface area contributed by atoms with E-state index in [-0.39, 0.29) is 11.8 Å². The predicted molar refractivity (Wildman–Crippen MR) is 109 cm³/mol. The summed E-state index contributed by atoms with van der Waals surface area (Å²) >= 11 is 3.46. The van der Waals surface area contributed by atoms with Crippen molar-refractivity contribution in [3.05, 3.63) is 33.8 Å². The van der Waals surface area contributed by atoms with E-state index in [9.17, 15) is 19.8 Å². The Morgan fingerprint density at radius 1 is 1.03 bits per heavy atom. The fourth-order valence-corrected chi connectivity index (χ4v) is 5.74. The number of aliphatic hydroxyl groups excluding tert-OH is 1. The van der Waals surface area contributed by atoms with E-state index in [1.165, 1.54) is 4.90 Å². The van der Waals surface area contributed by atoms with Crippen molar-refractivity contribution in [1.29, 1.82) is 0 Å². The molecule has 1 aliphatic heterocycles. The van der Waals surface area contributed by atoms with Crippen LogP contribution in [0.1, 0.15) is 57.8 Å². The first kappa shape index (κ1) is 19.3. The topological polar surface area (TPSA) is 87.1 Å². The SMILES string of the molecule is O=C1C2=C(CCCC2)C(=O)N1c1ccc(Br)c(OC2(O)CCC(O)C23CCC3)c1. The van der Waals surface area contributed by atoms with Gasteiger partial charge in [0.15, 0.2) is 0 Å². The molecule has 29 heavy (non-hydrogen) atoms. The van der Waals surface area contributed by atoms with Gasteiger partial charge < -0.3 is 14.9 Å². The Labute approximate surface area is 177 Å². The summed E-state index contributed by atoms with van der Waals surface area (Å²) in [5.74, 6) is -1.58. The third-order valence-electron chi connectivity index (χ3n) is 7.26. The van der Waals surface area contributed by atoms with E-state index in [1.807, 2.05) is 0 Å². The number of benzene rings is 1. The van der Waals surface area contributed by atoms with Crippen molar-refractivity contribution < 1.29 is 24.5 Å². The number of aliphatic hydroxyl groups is 2. The summed E-state index contributed by atoms with van der Waals surface area (Å²) in [7, 11) is 0. The first-order valence-electron chi connectivity index (χ1n) is 10.4. The molecular weight excluding hydrogens is 438 g/mol. The van der Waals surface area contributed by atoms with Gasteiger partial charge >= 0.3 is 0 Å².